The zero-order valence-electron chi connectivity index (χ0n) is 32.0. The third-order valence-corrected chi connectivity index (χ3v) is 11.1. The van der Waals surface area contributed by atoms with E-state index in [0.29, 0.717) is 49.1 Å². The maximum atomic E-state index is 13.4. The van der Waals surface area contributed by atoms with Crippen LogP contribution in [0.4, 0.5) is 0 Å². The summed E-state index contributed by atoms with van der Waals surface area (Å²) < 4.78 is 13.5. The number of amides is 3. The first kappa shape index (κ1) is 42.0. The monoisotopic (exact) mass is 770 g/mol. The topological polar surface area (TPSA) is 234 Å². The van der Waals surface area contributed by atoms with E-state index in [-0.39, 0.29) is 43.4 Å². The molecule has 0 radical (unpaired) electrons. The fourth-order valence-electron chi connectivity index (χ4n) is 8.07. The number of hydrogen-bond acceptors (Lipinski definition) is 11. The van der Waals surface area contributed by atoms with E-state index in [1.54, 1.807) is 32.2 Å². The van der Waals surface area contributed by atoms with Gasteiger partial charge >= 0.3 is 5.97 Å². The molecule has 7 N–H and O–H groups in total. The summed E-state index contributed by atoms with van der Waals surface area (Å²) in [5, 5.41) is 61.3. The van der Waals surface area contributed by atoms with Gasteiger partial charge in [0.15, 0.2) is 5.60 Å². The number of aryl methyl sites for hydroxylation is 2. The Balaban J connectivity index is 1.33. The lowest BCUT2D eigenvalue weighted by atomic mass is 9.80. The van der Waals surface area contributed by atoms with Crippen LogP contribution in [0.1, 0.15) is 123 Å². The van der Waals surface area contributed by atoms with Crippen LogP contribution >= 0.6 is 0 Å². The number of ether oxygens (including phenoxy) is 2. The highest BCUT2D eigenvalue weighted by Gasteiger charge is 2.54. The quantitative estimate of drug-likeness (QED) is 0.232. The van der Waals surface area contributed by atoms with Gasteiger partial charge in [0.2, 0.25) is 11.8 Å². The lowest BCUT2D eigenvalue weighted by Crippen LogP contribution is -2.67. The SMILES string of the molecule is Cc1cc2cc(C)c1OCCNC(=O)CCCCCCCC[C@]1(C(=O)O)C[C@H](O)[C@@H](NC(=O)Cn3cc(C4CCCCC4)nn3)C(O1)[C@H](O)[C@H](O)CNC2=O. The first-order valence-corrected chi connectivity index (χ1v) is 19.8. The van der Waals surface area contributed by atoms with Crippen molar-refractivity contribution in [1.82, 2.24) is 30.9 Å². The summed E-state index contributed by atoms with van der Waals surface area (Å²) >= 11 is 0. The third-order valence-electron chi connectivity index (χ3n) is 11.1. The molecule has 55 heavy (non-hydrogen) atoms. The molecular formula is C39H58N6O10. The summed E-state index contributed by atoms with van der Waals surface area (Å²) in [5.74, 6) is -1.67. The molecule has 0 spiro atoms. The number of aliphatic carboxylic acids is 1. The predicted octanol–water partition coefficient (Wildman–Crippen LogP) is 2.18. The van der Waals surface area contributed by atoms with E-state index >= 15 is 0 Å². The number of carboxylic acid groups (broad SMARTS) is 1. The molecule has 1 aromatic heterocycles. The van der Waals surface area contributed by atoms with Crippen LogP contribution in [0.25, 0.3) is 0 Å². The van der Waals surface area contributed by atoms with Crippen molar-refractivity contribution in [1.29, 1.82) is 0 Å². The van der Waals surface area contributed by atoms with Crippen molar-refractivity contribution in [2.24, 2.45) is 0 Å². The van der Waals surface area contributed by atoms with Gasteiger partial charge < -0.3 is 45.9 Å². The highest BCUT2D eigenvalue weighted by Crippen LogP contribution is 2.37. The van der Waals surface area contributed by atoms with Crippen LogP contribution in [0, 0.1) is 13.8 Å². The van der Waals surface area contributed by atoms with Gasteiger partial charge in [-0.05, 0) is 69.2 Å². The Hall–Kier alpha value is -4.12. The minimum atomic E-state index is -1.92. The second-order valence-electron chi connectivity index (χ2n) is 15.4. The third kappa shape index (κ3) is 11.2. The predicted molar refractivity (Wildman–Crippen MR) is 199 cm³/mol. The number of fused-ring (bicyclic) bond motifs is 18. The van der Waals surface area contributed by atoms with E-state index in [2.05, 4.69) is 26.3 Å². The summed E-state index contributed by atoms with van der Waals surface area (Å²) in [6.07, 6.45) is 4.89. The minimum Gasteiger partial charge on any atom is -0.491 e. The fourth-order valence-corrected chi connectivity index (χ4v) is 8.07. The summed E-state index contributed by atoms with van der Waals surface area (Å²) in [6, 6.07) is 1.95. The molecule has 1 aliphatic carbocycles. The molecule has 4 heterocycles. The van der Waals surface area contributed by atoms with E-state index in [1.165, 1.54) is 11.1 Å². The molecule has 4 aliphatic rings. The molecule has 3 aliphatic heterocycles. The van der Waals surface area contributed by atoms with Gasteiger partial charge in [-0.3, -0.25) is 14.4 Å². The smallest absolute Gasteiger partial charge is 0.336 e. The molecule has 16 heteroatoms. The van der Waals surface area contributed by atoms with Gasteiger partial charge in [0.25, 0.3) is 5.91 Å². The maximum Gasteiger partial charge on any atom is 0.336 e. The number of rotatable bonds is 5. The van der Waals surface area contributed by atoms with Crippen molar-refractivity contribution in [2.75, 3.05) is 19.7 Å². The number of carbonyl (C=O) groups excluding carboxylic acids is 3. The Bertz CT molecular complexity index is 1610. The van der Waals surface area contributed by atoms with Crippen LogP contribution in [-0.2, 0) is 25.7 Å². The van der Waals surface area contributed by atoms with Crippen LogP contribution in [-0.4, -0.2) is 115 Å². The number of carbonyl (C=O) groups is 4. The molecule has 2 fully saturated rings. The summed E-state index contributed by atoms with van der Waals surface area (Å²) in [7, 11) is 0. The Kier molecular flexibility index (Phi) is 15.0. The summed E-state index contributed by atoms with van der Waals surface area (Å²) in [5.41, 5.74) is 0.546. The minimum absolute atomic E-state index is 0.0121. The molecule has 3 amide bonds. The molecule has 1 aromatic carbocycles. The number of nitrogens with one attached hydrogen (secondary N) is 3. The molecule has 16 nitrogen and oxygen atoms in total. The molecule has 6 rings (SSSR count). The lowest BCUT2D eigenvalue weighted by Gasteiger charge is -2.47. The number of aliphatic hydroxyl groups is 3. The molecule has 1 unspecified atom stereocenters. The second kappa shape index (κ2) is 19.6. The molecule has 4 bridgehead atoms. The number of aliphatic hydroxyl groups excluding tert-OH is 3. The standard InChI is InChI=1S/C39H58N6O10/c1-24-18-27-19-25(2)35(24)54-17-16-40-31(48)14-10-5-3-4-6-11-15-39(38(52)53)20-29(46)33(36(55-39)34(50)30(47)21-41-37(27)51)42-32(49)23-45-22-28(43-44-45)26-12-8-7-9-13-26/h18-19,22,26,29-30,33-34,36,46-47,50H,3-17,20-21,23H2,1-2H3,(H,40,48)(H,41,51)(H,42,49)(H,52,53)/t29-,30+,33+,34+,36?,39+/m0/s1. The van der Waals surface area contributed by atoms with Crippen molar-refractivity contribution in [2.45, 2.75) is 152 Å². The number of aromatic nitrogens is 3. The average Bonchev–Trinajstić information content (AvgIpc) is 3.62. The van der Waals surface area contributed by atoms with Crippen LogP contribution in [0.15, 0.2) is 18.3 Å². The Morgan fingerprint density at radius 1 is 0.945 bits per heavy atom. The van der Waals surface area contributed by atoms with Crippen LogP contribution in [0.5, 0.6) is 5.75 Å². The van der Waals surface area contributed by atoms with E-state index in [0.717, 1.165) is 50.6 Å². The Morgan fingerprint density at radius 3 is 2.33 bits per heavy atom. The van der Waals surface area contributed by atoms with E-state index < -0.39 is 60.4 Å². The lowest BCUT2D eigenvalue weighted by molar-refractivity contribution is -0.229. The van der Waals surface area contributed by atoms with Crippen molar-refractivity contribution in [3.8, 4) is 5.75 Å². The summed E-state index contributed by atoms with van der Waals surface area (Å²) in [4.78, 5) is 51.8. The van der Waals surface area contributed by atoms with Gasteiger partial charge in [0.05, 0.1) is 30.5 Å². The van der Waals surface area contributed by atoms with Gasteiger partial charge in [0.1, 0.15) is 31.1 Å². The van der Waals surface area contributed by atoms with Crippen molar-refractivity contribution in [3.63, 3.8) is 0 Å². The maximum absolute atomic E-state index is 13.4. The molecule has 304 valence electrons. The summed E-state index contributed by atoms with van der Waals surface area (Å²) in [6.45, 7) is 3.46. The van der Waals surface area contributed by atoms with Crippen molar-refractivity contribution in [3.05, 3.63) is 40.7 Å². The number of hydrogen-bond donors (Lipinski definition) is 7. The molecule has 2 aromatic rings. The van der Waals surface area contributed by atoms with Gasteiger partial charge in [-0.1, -0.05) is 50.2 Å². The van der Waals surface area contributed by atoms with Crippen molar-refractivity contribution < 1.29 is 49.1 Å². The van der Waals surface area contributed by atoms with E-state index in [9.17, 15) is 39.6 Å². The van der Waals surface area contributed by atoms with Crippen LogP contribution in [0.2, 0.25) is 0 Å². The molecule has 6 atom stereocenters. The van der Waals surface area contributed by atoms with Crippen LogP contribution in [0.3, 0.4) is 0 Å². The number of carboxylic acids is 1. The fraction of sp³-hybridized carbons (Fsp3) is 0.692. The highest BCUT2D eigenvalue weighted by atomic mass is 16.6. The van der Waals surface area contributed by atoms with Gasteiger partial charge in [-0.15, -0.1) is 5.10 Å². The highest BCUT2D eigenvalue weighted by molar-refractivity contribution is 5.95. The first-order valence-electron chi connectivity index (χ1n) is 19.8. The molecular weight excluding hydrogens is 712 g/mol. The van der Waals surface area contributed by atoms with Crippen LogP contribution < -0.4 is 20.7 Å². The van der Waals surface area contributed by atoms with Gasteiger partial charge in [-0.25, -0.2) is 9.48 Å². The first-order chi connectivity index (χ1) is 26.4. The van der Waals surface area contributed by atoms with Gasteiger partial charge in [0, 0.05) is 37.1 Å². The normalized spacial score (nSPS) is 28.5. The molecule has 1 saturated carbocycles. The number of nitrogens with zero attached hydrogens (tertiary/aromatic N) is 3. The Labute approximate surface area is 321 Å². The Morgan fingerprint density at radius 2 is 1.62 bits per heavy atom. The van der Waals surface area contributed by atoms with E-state index in [1.807, 2.05) is 0 Å². The van der Waals surface area contributed by atoms with Crippen molar-refractivity contribution >= 4 is 23.7 Å². The average molecular weight is 771 g/mol. The zero-order valence-corrected chi connectivity index (χ0v) is 32.0. The number of benzene rings is 1. The largest absolute Gasteiger partial charge is 0.491 e. The molecule has 1 saturated heterocycles. The zero-order chi connectivity index (χ0) is 39.5. The second-order valence-corrected chi connectivity index (χ2v) is 15.4. The van der Waals surface area contributed by atoms with Gasteiger partial charge in [-0.2, -0.15) is 0 Å². The van der Waals surface area contributed by atoms with E-state index in [4.69, 9.17) is 9.47 Å².